The van der Waals surface area contributed by atoms with Gasteiger partial charge in [0.1, 0.15) is 0 Å². The number of benzene rings is 1. The molecule has 3 nitrogen and oxygen atoms in total. The van der Waals surface area contributed by atoms with Crippen LogP contribution in [0.4, 0.5) is 0 Å². The molecule has 1 aliphatic heterocycles. The normalized spacial score (nSPS) is 24.1. The van der Waals surface area contributed by atoms with Crippen molar-refractivity contribution in [2.45, 2.75) is 58.2 Å². The number of nitrogens with zero attached hydrogens (tertiary/aromatic N) is 1. The summed E-state index contributed by atoms with van der Waals surface area (Å²) in [4.78, 5) is 14.3. The molecule has 2 rings (SSSR count). The molecule has 2 N–H and O–H groups in total. The molecule has 110 valence electrons. The van der Waals surface area contributed by atoms with Crippen molar-refractivity contribution < 1.29 is 4.79 Å². The predicted molar refractivity (Wildman–Crippen MR) is 82.7 cm³/mol. The molecule has 0 aliphatic carbocycles. The highest BCUT2D eigenvalue weighted by Crippen LogP contribution is 2.38. The van der Waals surface area contributed by atoms with E-state index in [4.69, 9.17) is 17.3 Å². The third kappa shape index (κ3) is 2.84. The number of rotatable bonds is 1. The predicted octanol–water partition coefficient (Wildman–Crippen LogP) is 3.44. The third-order valence-corrected chi connectivity index (χ3v) is 4.15. The molecule has 20 heavy (non-hydrogen) atoms. The van der Waals surface area contributed by atoms with Gasteiger partial charge >= 0.3 is 0 Å². The van der Waals surface area contributed by atoms with Crippen LogP contribution in [0, 0.1) is 6.92 Å². The van der Waals surface area contributed by atoms with E-state index in [2.05, 4.69) is 20.8 Å². The molecule has 4 heteroatoms. The number of aryl methyl sites for hydroxylation is 1. The second-order valence-corrected chi connectivity index (χ2v) is 7.02. The van der Waals surface area contributed by atoms with Crippen molar-refractivity contribution in [3.63, 3.8) is 0 Å². The number of likely N-dealkylation sites (tertiary alicyclic amines) is 1. The fourth-order valence-electron chi connectivity index (χ4n) is 3.05. The summed E-state index contributed by atoms with van der Waals surface area (Å²) >= 11 is 6.04. The van der Waals surface area contributed by atoms with Crippen molar-refractivity contribution in [2.75, 3.05) is 0 Å². The maximum absolute atomic E-state index is 12.4. The average molecular weight is 295 g/mol. The highest BCUT2D eigenvalue weighted by atomic mass is 35.5. The summed E-state index contributed by atoms with van der Waals surface area (Å²) in [5, 5.41) is 0.712. The molecule has 1 heterocycles. The Balaban J connectivity index is 2.50. The SMILES string of the molecule is Cc1cc(Cl)ccc1C1C(N)CCC(=O)N1C(C)(C)C. The topological polar surface area (TPSA) is 46.3 Å². The van der Waals surface area contributed by atoms with Crippen LogP contribution >= 0.6 is 11.6 Å². The molecule has 1 amide bonds. The first-order chi connectivity index (χ1) is 9.21. The van der Waals surface area contributed by atoms with Gasteiger partial charge in [-0.1, -0.05) is 17.7 Å². The molecule has 2 atom stereocenters. The van der Waals surface area contributed by atoms with Crippen LogP contribution in [-0.4, -0.2) is 22.4 Å². The van der Waals surface area contributed by atoms with Gasteiger partial charge in [0.2, 0.25) is 5.91 Å². The molecule has 0 bridgehead atoms. The zero-order valence-corrected chi connectivity index (χ0v) is 13.4. The summed E-state index contributed by atoms with van der Waals surface area (Å²) in [6, 6.07) is 5.69. The van der Waals surface area contributed by atoms with Gasteiger partial charge in [-0.3, -0.25) is 4.79 Å². The third-order valence-electron chi connectivity index (χ3n) is 3.92. The van der Waals surface area contributed by atoms with Crippen LogP contribution in [0.1, 0.15) is 50.8 Å². The van der Waals surface area contributed by atoms with Crippen LogP contribution in [0.15, 0.2) is 18.2 Å². The van der Waals surface area contributed by atoms with Crippen LogP contribution in [0.5, 0.6) is 0 Å². The average Bonchev–Trinajstić information content (AvgIpc) is 2.31. The van der Waals surface area contributed by atoms with Crippen LogP contribution < -0.4 is 5.73 Å². The number of piperidine rings is 1. The summed E-state index contributed by atoms with van der Waals surface area (Å²) in [6.07, 6.45) is 1.26. The molecule has 0 radical (unpaired) electrons. The van der Waals surface area contributed by atoms with Crippen molar-refractivity contribution in [1.29, 1.82) is 0 Å². The van der Waals surface area contributed by atoms with Gasteiger partial charge < -0.3 is 10.6 Å². The zero-order chi connectivity index (χ0) is 15.1. The van der Waals surface area contributed by atoms with Crippen molar-refractivity contribution in [3.05, 3.63) is 34.3 Å². The quantitative estimate of drug-likeness (QED) is 0.862. The first kappa shape index (κ1) is 15.3. The Bertz CT molecular complexity index is 522. The summed E-state index contributed by atoms with van der Waals surface area (Å²) in [6.45, 7) is 8.19. The van der Waals surface area contributed by atoms with E-state index in [1.165, 1.54) is 0 Å². The lowest BCUT2D eigenvalue weighted by atomic mass is 9.85. The lowest BCUT2D eigenvalue weighted by Gasteiger charge is -2.47. The Morgan fingerprint density at radius 2 is 2.00 bits per heavy atom. The number of carbonyl (C=O) groups is 1. The molecule has 0 saturated carbocycles. The van der Waals surface area contributed by atoms with Crippen LogP contribution in [-0.2, 0) is 4.79 Å². The van der Waals surface area contributed by atoms with Gasteiger partial charge in [0.25, 0.3) is 0 Å². The number of carbonyl (C=O) groups excluding carboxylic acids is 1. The van der Waals surface area contributed by atoms with E-state index >= 15 is 0 Å². The fourth-order valence-corrected chi connectivity index (χ4v) is 3.27. The van der Waals surface area contributed by atoms with Gasteiger partial charge in [-0.2, -0.15) is 0 Å². The Labute approximate surface area is 126 Å². The lowest BCUT2D eigenvalue weighted by molar-refractivity contribution is -0.144. The Hall–Kier alpha value is -1.06. The molecule has 1 saturated heterocycles. The van der Waals surface area contributed by atoms with Gasteiger partial charge in [-0.05, 0) is 57.4 Å². The second-order valence-electron chi connectivity index (χ2n) is 6.58. The number of nitrogens with two attached hydrogens (primary N) is 1. The monoisotopic (exact) mass is 294 g/mol. The first-order valence-corrected chi connectivity index (χ1v) is 7.43. The number of hydrogen-bond acceptors (Lipinski definition) is 2. The van der Waals surface area contributed by atoms with Crippen molar-refractivity contribution in [2.24, 2.45) is 5.73 Å². The van der Waals surface area contributed by atoms with Gasteiger partial charge in [0.15, 0.2) is 0 Å². The molecular formula is C16H23ClN2O. The molecule has 0 aromatic heterocycles. The number of halogens is 1. The lowest BCUT2D eigenvalue weighted by Crippen LogP contribution is -2.56. The van der Waals surface area contributed by atoms with E-state index in [1.807, 2.05) is 30.0 Å². The fraction of sp³-hybridized carbons (Fsp3) is 0.562. The van der Waals surface area contributed by atoms with E-state index in [1.54, 1.807) is 0 Å². The highest BCUT2D eigenvalue weighted by molar-refractivity contribution is 6.30. The van der Waals surface area contributed by atoms with E-state index in [0.29, 0.717) is 11.4 Å². The van der Waals surface area contributed by atoms with Crippen molar-refractivity contribution >= 4 is 17.5 Å². The maximum atomic E-state index is 12.4. The summed E-state index contributed by atoms with van der Waals surface area (Å²) in [5.41, 5.74) is 8.28. The van der Waals surface area contributed by atoms with Gasteiger partial charge in [0, 0.05) is 23.0 Å². The molecule has 1 fully saturated rings. The summed E-state index contributed by atoms with van der Waals surface area (Å²) in [5.74, 6) is 0.179. The molecule has 2 unspecified atom stereocenters. The number of amides is 1. The van der Waals surface area contributed by atoms with Gasteiger partial charge in [0.05, 0.1) is 6.04 Å². The zero-order valence-electron chi connectivity index (χ0n) is 12.6. The van der Waals surface area contributed by atoms with Crippen LogP contribution in [0.2, 0.25) is 5.02 Å². The highest BCUT2D eigenvalue weighted by Gasteiger charge is 2.41. The van der Waals surface area contributed by atoms with Gasteiger partial charge in [-0.15, -0.1) is 0 Å². The largest absolute Gasteiger partial charge is 0.329 e. The molecular weight excluding hydrogens is 272 g/mol. The molecule has 1 aromatic rings. The first-order valence-electron chi connectivity index (χ1n) is 7.05. The standard InChI is InChI=1S/C16H23ClN2O/c1-10-9-11(17)5-6-12(10)15-13(18)7-8-14(20)19(15)16(2,3)4/h5-6,9,13,15H,7-8,18H2,1-4H3. The second kappa shape index (κ2) is 5.38. The van der Waals surface area contributed by atoms with E-state index in [-0.39, 0.29) is 23.5 Å². The molecule has 1 aromatic carbocycles. The Morgan fingerprint density at radius 3 is 2.55 bits per heavy atom. The van der Waals surface area contributed by atoms with Crippen LogP contribution in [0.3, 0.4) is 0 Å². The van der Waals surface area contributed by atoms with Crippen LogP contribution in [0.25, 0.3) is 0 Å². The Morgan fingerprint density at radius 1 is 1.35 bits per heavy atom. The van der Waals surface area contributed by atoms with E-state index < -0.39 is 0 Å². The molecule has 1 aliphatic rings. The summed E-state index contributed by atoms with van der Waals surface area (Å²) < 4.78 is 0. The summed E-state index contributed by atoms with van der Waals surface area (Å²) in [7, 11) is 0. The number of hydrogen-bond donors (Lipinski definition) is 1. The maximum Gasteiger partial charge on any atom is 0.223 e. The van der Waals surface area contributed by atoms with E-state index in [9.17, 15) is 4.79 Å². The van der Waals surface area contributed by atoms with Crippen molar-refractivity contribution in [1.82, 2.24) is 4.90 Å². The molecule has 0 spiro atoms. The van der Waals surface area contributed by atoms with Gasteiger partial charge in [-0.25, -0.2) is 0 Å². The van der Waals surface area contributed by atoms with Crippen molar-refractivity contribution in [3.8, 4) is 0 Å². The smallest absolute Gasteiger partial charge is 0.223 e. The minimum absolute atomic E-state index is 0.0354. The Kier molecular flexibility index (Phi) is 4.12. The minimum Gasteiger partial charge on any atom is -0.329 e. The minimum atomic E-state index is -0.244. The van der Waals surface area contributed by atoms with E-state index in [0.717, 1.165) is 17.5 Å².